The monoisotopic (exact) mass is 723 g/mol. The first-order valence-electron chi connectivity index (χ1n) is 13.8. The van der Waals surface area contributed by atoms with Crippen LogP contribution >= 0.6 is 0 Å². The molecule has 0 atom stereocenters. The largest absolute Gasteiger partial charge is 2.00 e. The van der Waals surface area contributed by atoms with Gasteiger partial charge in [-0.15, -0.1) is 29.8 Å². The molecule has 0 aliphatic carbocycles. The van der Waals surface area contributed by atoms with E-state index >= 15 is 0 Å². The van der Waals surface area contributed by atoms with Gasteiger partial charge in [0.1, 0.15) is 5.82 Å². The predicted molar refractivity (Wildman–Crippen MR) is 167 cm³/mol. The Hall–Kier alpha value is -4.53. The second-order valence-corrected chi connectivity index (χ2v) is 10.6. The summed E-state index contributed by atoms with van der Waals surface area (Å²) in [5.74, 6) is 0.835. The fourth-order valence-corrected chi connectivity index (χ4v) is 5.52. The molecular formula is C37H28N4Pt. The Labute approximate surface area is 260 Å². The van der Waals surface area contributed by atoms with Crippen molar-refractivity contribution >= 4 is 39.0 Å². The number of para-hydroxylation sites is 2. The Balaban J connectivity index is 0.00000316. The Morgan fingerprint density at radius 2 is 1.24 bits per heavy atom. The van der Waals surface area contributed by atoms with Crippen molar-refractivity contribution in [1.82, 2.24) is 14.5 Å². The first kappa shape index (κ1) is 27.6. The summed E-state index contributed by atoms with van der Waals surface area (Å²) in [7, 11) is 0. The average molecular weight is 724 g/mol. The van der Waals surface area contributed by atoms with Crippen LogP contribution in [0.5, 0.6) is 0 Å². The van der Waals surface area contributed by atoms with Crippen LogP contribution in [0, 0.1) is 12.1 Å². The minimum absolute atomic E-state index is 0. The zero-order chi connectivity index (χ0) is 27.8. The maximum atomic E-state index is 4.69. The van der Waals surface area contributed by atoms with Gasteiger partial charge in [0.2, 0.25) is 0 Å². The molecule has 7 aromatic rings. The summed E-state index contributed by atoms with van der Waals surface area (Å²) in [5, 5.41) is 2.04. The van der Waals surface area contributed by atoms with Crippen LogP contribution in [0.25, 0.3) is 27.5 Å². The topological polar surface area (TPSA) is 34.0 Å². The van der Waals surface area contributed by atoms with Crippen molar-refractivity contribution in [2.24, 2.45) is 0 Å². The quantitative estimate of drug-likeness (QED) is 0.161. The van der Waals surface area contributed by atoms with E-state index in [1.165, 1.54) is 0 Å². The van der Waals surface area contributed by atoms with E-state index in [1.54, 1.807) is 0 Å². The van der Waals surface area contributed by atoms with Gasteiger partial charge in [0.15, 0.2) is 0 Å². The first-order chi connectivity index (χ1) is 20.1. The number of hydrogen-bond acceptors (Lipinski definition) is 3. The van der Waals surface area contributed by atoms with Crippen molar-refractivity contribution in [3.63, 3.8) is 0 Å². The van der Waals surface area contributed by atoms with E-state index in [9.17, 15) is 0 Å². The van der Waals surface area contributed by atoms with Crippen molar-refractivity contribution in [3.8, 4) is 5.69 Å². The first-order valence-corrected chi connectivity index (χ1v) is 13.8. The minimum Gasteiger partial charge on any atom is -0.409 e. The number of fused-ring (bicyclic) bond motifs is 3. The molecule has 4 aromatic carbocycles. The summed E-state index contributed by atoms with van der Waals surface area (Å²) in [5.41, 5.74) is 6.97. The Morgan fingerprint density at radius 3 is 1.90 bits per heavy atom. The second-order valence-electron chi connectivity index (χ2n) is 10.6. The van der Waals surface area contributed by atoms with Crippen LogP contribution in [-0.2, 0) is 26.5 Å². The molecule has 206 valence electrons. The van der Waals surface area contributed by atoms with E-state index in [-0.39, 0.29) is 26.5 Å². The maximum Gasteiger partial charge on any atom is 2.00 e. The van der Waals surface area contributed by atoms with E-state index in [1.807, 2.05) is 67.0 Å². The summed E-state index contributed by atoms with van der Waals surface area (Å²) >= 11 is 0. The molecule has 5 heteroatoms. The van der Waals surface area contributed by atoms with Crippen LogP contribution in [0.15, 0.2) is 134 Å². The molecule has 0 aliphatic heterocycles. The van der Waals surface area contributed by atoms with Gasteiger partial charge >= 0.3 is 21.1 Å². The number of anilines is 3. The van der Waals surface area contributed by atoms with Crippen molar-refractivity contribution in [3.05, 3.63) is 157 Å². The molecule has 0 unspecified atom stereocenters. The zero-order valence-corrected chi connectivity index (χ0v) is 25.6. The van der Waals surface area contributed by atoms with Gasteiger partial charge in [-0.05, 0) is 54.2 Å². The van der Waals surface area contributed by atoms with Crippen LogP contribution in [-0.4, -0.2) is 14.5 Å². The molecule has 0 N–H and O–H groups in total. The fraction of sp³-hybridized carbons (Fsp3) is 0.0811. The molecule has 7 rings (SSSR count). The summed E-state index contributed by atoms with van der Waals surface area (Å²) in [6.07, 6.45) is 3.68. The number of nitrogens with zero attached hydrogens (tertiary/aromatic N) is 4. The van der Waals surface area contributed by atoms with E-state index in [2.05, 4.69) is 107 Å². The molecule has 0 aliphatic rings. The van der Waals surface area contributed by atoms with Crippen LogP contribution in [0.3, 0.4) is 0 Å². The Morgan fingerprint density at radius 1 is 0.619 bits per heavy atom. The molecular weight excluding hydrogens is 696 g/mol. The second kappa shape index (κ2) is 11.4. The predicted octanol–water partition coefficient (Wildman–Crippen LogP) is 8.97. The Bertz CT molecular complexity index is 1910. The molecule has 3 heterocycles. The van der Waals surface area contributed by atoms with Crippen LogP contribution in [0.1, 0.15) is 25.1 Å². The molecule has 0 amide bonds. The average Bonchev–Trinajstić information content (AvgIpc) is 3.36. The van der Waals surface area contributed by atoms with Crippen molar-refractivity contribution in [1.29, 1.82) is 0 Å². The van der Waals surface area contributed by atoms with E-state index in [4.69, 9.17) is 4.98 Å². The van der Waals surface area contributed by atoms with Gasteiger partial charge in [-0.3, -0.25) is 4.98 Å². The smallest absolute Gasteiger partial charge is 0.409 e. The summed E-state index contributed by atoms with van der Waals surface area (Å²) in [6, 6.07) is 49.2. The summed E-state index contributed by atoms with van der Waals surface area (Å²) in [6.45, 7) is 4.41. The van der Waals surface area contributed by atoms with Crippen molar-refractivity contribution < 1.29 is 21.1 Å². The number of pyridine rings is 2. The molecule has 42 heavy (non-hydrogen) atoms. The van der Waals surface area contributed by atoms with Gasteiger partial charge in [0.25, 0.3) is 0 Å². The van der Waals surface area contributed by atoms with Crippen LogP contribution < -0.4 is 4.90 Å². The molecule has 4 nitrogen and oxygen atoms in total. The van der Waals surface area contributed by atoms with Gasteiger partial charge in [-0.25, -0.2) is 10.4 Å². The SMILES string of the molecule is CC(C)(c1[c-]c2c3[c-]c(N(c4ccccc4)c4ccccn4)ccc3n(-c3ccccc3)c2cc1)c1ccccn1.[Pt+2]. The molecule has 0 spiro atoms. The molecule has 0 saturated carbocycles. The van der Waals surface area contributed by atoms with E-state index in [0.717, 1.165) is 55.9 Å². The Kier molecular flexibility index (Phi) is 7.49. The summed E-state index contributed by atoms with van der Waals surface area (Å²) < 4.78 is 2.30. The van der Waals surface area contributed by atoms with E-state index < -0.39 is 0 Å². The minimum atomic E-state index is -0.321. The van der Waals surface area contributed by atoms with Crippen molar-refractivity contribution in [2.45, 2.75) is 19.3 Å². The van der Waals surface area contributed by atoms with Crippen LogP contribution in [0.2, 0.25) is 0 Å². The van der Waals surface area contributed by atoms with Gasteiger partial charge in [-0.1, -0.05) is 73.4 Å². The fourth-order valence-electron chi connectivity index (χ4n) is 5.52. The number of rotatable bonds is 6. The molecule has 0 radical (unpaired) electrons. The molecule has 3 aromatic heterocycles. The molecule has 0 saturated heterocycles. The van der Waals surface area contributed by atoms with Gasteiger partial charge in [-0.2, -0.15) is 17.5 Å². The third-order valence-electron chi connectivity index (χ3n) is 7.69. The molecule has 0 fully saturated rings. The third kappa shape index (κ3) is 4.82. The standard InChI is InChI=1S/C37H28N4.Pt/c1-37(2,35-17-9-11-23-38-35)27-19-21-33-31(25-27)32-26-30(20-22-34(32)41(33)29-15-7-4-8-16-29)40(28-13-5-3-6-14-28)36-18-10-12-24-39-36;/h3-24H,1-2H3;/q-2;+2. The number of aromatic nitrogens is 3. The van der Waals surface area contributed by atoms with Gasteiger partial charge in [0, 0.05) is 34.9 Å². The zero-order valence-electron chi connectivity index (χ0n) is 23.3. The number of hydrogen-bond donors (Lipinski definition) is 0. The van der Waals surface area contributed by atoms with Gasteiger partial charge < -0.3 is 9.47 Å². The van der Waals surface area contributed by atoms with Crippen LogP contribution in [0.4, 0.5) is 17.2 Å². The van der Waals surface area contributed by atoms with Crippen molar-refractivity contribution in [2.75, 3.05) is 4.90 Å². The molecule has 0 bridgehead atoms. The summed E-state index contributed by atoms with van der Waals surface area (Å²) in [4.78, 5) is 11.5. The normalized spacial score (nSPS) is 11.4. The van der Waals surface area contributed by atoms with Gasteiger partial charge in [0.05, 0.1) is 0 Å². The van der Waals surface area contributed by atoms with E-state index in [0.29, 0.717) is 0 Å². The maximum absolute atomic E-state index is 4.69. The third-order valence-corrected chi connectivity index (χ3v) is 7.69. The number of benzene rings is 4.